The molecular weight excluding hydrogens is 304 g/mol. The molecule has 21 heavy (non-hydrogen) atoms. The predicted octanol–water partition coefficient (Wildman–Crippen LogP) is -1.46. The van der Waals surface area contributed by atoms with Crippen LogP contribution in [-0.2, 0) is 24.5 Å². The average Bonchev–Trinajstić information content (AvgIpc) is 2.45. The van der Waals surface area contributed by atoms with Crippen molar-refractivity contribution in [1.29, 1.82) is 0 Å². The molecule has 9 nitrogen and oxygen atoms in total. The van der Waals surface area contributed by atoms with E-state index in [9.17, 15) is 18.0 Å². The molecule has 122 valence electrons. The first kappa shape index (κ1) is 17.8. The highest BCUT2D eigenvalue weighted by Crippen LogP contribution is 2.20. The summed E-state index contributed by atoms with van der Waals surface area (Å²) < 4.78 is 31.9. The van der Waals surface area contributed by atoms with Crippen molar-refractivity contribution in [3.63, 3.8) is 0 Å². The molecule has 0 bridgehead atoms. The van der Waals surface area contributed by atoms with E-state index in [0.29, 0.717) is 12.8 Å². The Morgan fingerprint density at radius 1 is 1.38 bits per heavy atom. The molecule has 0 spiro atoms. The number of esters is 1. The minimum Gasteiger partial charge on any atom is -0.480 e. The van der Waals surface area contributed by atoms with Crippen molar-refractivity contribution in [3.05, 3.63) is 0 Å². The molecule has 1 aliphatic heterocycles. The molecule has 0 amide bonds. The fraction of sp³-hybridized carbons (Fsp3) is 0.818. The molecule has 0 aromatic carbocycles. The monoisotopic (exact) mass is 324 g/mol. The number of aliphatic hydroxyl groups excluding tert-OH is 1. The van der Waals surface area contributed by atoms with Crippen molar-refractivity contribution >= 4 is 22.1 Å². The van der Waals surface area contributed by atoms with E-state index in [4.69, 9.17) is 10.2 Å². The summed E-state index contributed by atoms with van der Waals surface area (Å²) in [5.74, 6) is -2.06. The third kappa shape index (κ3) is 4.92. The van der Waals surface area contributed by atoms with Crippen LogP contribution in [0.1, 0.15) is 19.3 Å². The van der Waals surface area contributed by atoms with E-state index in [2.05, 4.69) is 4.74 Å². The molecule has 3 N–H and O–H groups in total. The summed E-state index contributed by atoms with van der Waals surface area (Å²) in [5, 5.41) is 17.6. The molecule has 0 aromatic rings. The number of aliphatic hydroxyl groups is 1. The van der Waals surface area contributed by atoms with Gasteiger partial charge in [-0.15, -0.1) is 0 Å². The summed E-state index contributed by atoms with van der Waals surface area (Å²) in [6.07, 6.45) is 0.434. The molecule has 0 saturated carbocycles. The summed E-state index contributed by atoms with van der Waals surface area (Å²) in [5.41, 5.74) is 0. The van der Waals surface area contributed by atoms with Crippen LogP contribution < -0.4 is 4.72 Å². The lowest BCUT2D eigenvalue weighted by Crippen LogP contribution is -2.51. The van der Waals surface area contributed by atoms with Gasteiger partial charge in [-0.1, -0.05) is 0 Å². The van der Waals surface area contributed by atoms with E-state index in [1.54, 1.807) is 0 Å². The zero-order valence-corrected chi connectivity index (χ0v) is 12.5. The molecule has 0 aromatic heterocycles. The number of carboxylic acid groups (broad SMARTS) is 1. The first-order chi connectivity index (χ1) is 9.81. The molecule has 1 heterocycles. The van der Waals surface area contributed by atoms with Crippen LogP contribution in [0.3, 0.4) is 0 Å². The number of nitrogens with zero attached hydrogens (tertiary/aromatic N) is 1. The van der Waals surface area contributed by atoms with E-state index >= 15 is 0 Å². The third-order valence-corrected chi connectivity index (χ3v) is 4.96. The average molecular weight is 324 g/mol. The number of ether oxygens (including phenoxy) is 1. The molecular formula is C11H20N2O7S. The number of nitrogens with one attached hydrogen (secondary N) is 1. The van der Waals surface area contributed by atoms with Gasteiger partial charge < -0.3 is 14.9 Å². The van der Waals surface area contributed by atoms with Crippen LogP contribution in [0.4, 0.5) is 0 Å². The quantitative estimate of drug-likeness (QED) is 0.487. The van der Waals surface area contributed by atoms with Gasteiger partial charge in [0.25, 0.3) is 10.2 Å². The number of aliphatic carboxylic acids is 1. The third-order valence-electron chi connectivity index (χ3n) is 3.34. The Hall–Kier alpha value is -1.23. The number of carbonyl (C=O) groups is 2. The Morgan fingerprint density at radius 2 is 1.95 bits per heavy atom. The number of piperidine rings is 1. The number of rotatable bonds is 7. The number of hydrogen-bond acceptors (Lipinski definition) is 6. The van der Waals surface area contributed by atoms with Gasteiger partial charge in [-0.2, -0.15) is 17.4 Å². The van der Waals surface area contributed by atoms with E-state index in [1.807, 2.05) is 4.72 Å². The molecule has 0 radical (unpaired) electrons. The number of hydrogen-bond donors (Lipinski definition) is 3. The summed E-state index contributed by atoms with van der Waals surface area (Å²) in [4.78, 5) is 22.3. The fourth-order valence-electron chi connectivity index (χ4n) is 2.11. The first-order valence-corrected chi connectivity index (χ1v) is 7.94. The topological polar surface area (TPSA) is 133 Å². The van der Waals surface area contributed by atoms with Gasteiger partial charge >= 0.3 is 11.9 Å². The first-order valence-electron chi connectivity index (χ1n) is 6.50. The van der Waals surface area contributed by atoms with Crippen molar-refractivity contribution < 1.29 is 33.0 Å². The van der Waals surface area contributed by atoms with Crippen molar-refractivity contribution in [2.24, 2.45) is 5.92 Å². The summed E-state index contributed by atoms with van der Waals surface area (Å²) >= 11 is 0. The van der Waals surface area contributed by atoms with Crippen LogP contribution in [0.25, 0.3) is 0 Å². The highest BCUT2D eigenvalue weighted by Gasteiger charge is 2.33. The normalized spacial score (nSPS) is 19.1. The number of methoxy groups -OCH3 is 1. The summed E-state index contributed by atoms with van der Waals surface area (Å²) in [7, 11) is -2.69. The second kappa shape index (κ2) is 7.69. The standard InChI is InChI=1S/C11H20N2O7S/c1-20-11(17)8-2-5-13(6-3-8)21(18,19)12-9(4-7-14)10(15)16/h8-9,12,14H,2-7H2,1H3,(H,15,16)/t9-/m0/s1. The van der Waals surface area contributed by atoms with Crippen LogP contribution in [0.2, 0.25) is 0 Å². The van der Waals surface area contributed by atoms with Crippen molar-refractivity contribution in [2.45, 2.75) is 25.3 Å². The molecule has 1 aliphatic rings. The minimum atomic E-state index is -3.97. The summed E-state index contributed by atoms with van der Waals surface area (Å²) in [6.45, 7) is -0.217. The van der Waals surface area contributed by atoms with Crippen LogP contribution in [-0.4, -0.2) is 67.7 Å². The Labute approximate surface area is 123 Å². The molecule has 1 rings (SSSR count). The lowest BCUT2D eigenvalue weighted by molar-refractivity contribution is -0.146. The fourth-order valence-corrected chi connectivity index (χ4v) is 3.53. The predicted molar refractivity (Wildman–Crippen MR) is 71.5 cm³/mol. The molecule has 1 fully saturated rings. The molecule has 1 atom stereocenters. The van der Waals surface area contributed by atoms with Crippen LogP contribution in [0.5, 0.6) is 0 Å². The summed E-state index contributed by atoms with van der Waals surface area (Å²) in [6, 6.07) is -1.38. The van der Waals surface area contributed by atoms with Crippen molar-refractivity contribution in [2.75, 3.05) is 26.8 Å². The molecule has 0 unspecified atom stereocenters. The smallest absolute Gasteiger partial charge is 0.321 e. The van der Waals surface area contributed by atoms with Gasteiger partial charge in [0.1, 0.15) is 6.04 Å². The molecule has 1 saturated heterocycles. The van der Waals surface area contributed by atoms with Gasteiger partial charge in [-0.25, -0.2) is 0 Å². The van der Waals surface area contributed by atoms with E-state index in [0.717, 1.165) is 4.31 Å². The van der Waals surface area contributed by atoms with Gasteiger partial charge in [0.15, 0.2) is 0 Å². The zero-order chi connectivity index (χ0) is 16.0. The van der Waals surface area contributed by atoms with Crippen LogP contribution in [0, 0.1) is 5.92 Å². The molecule has 0 aliphatic carbocycles. The van der Waals surface area contributed by atoms with Crippen molar-refractivity contribution in [3.8, 4) is 0 Å². The van der Waals surface area contributed by atoms with E-state index in [-0.39, 0.29) is 31.4 Å². The Bertz CT molecular complexity index is 471. The highest BCUT2D eigenvalue weighted by atomic mass is 32.2. The van der Waals surface area contributed by atoms with Gasteiger partial charge in [0.2, 0.25) is 0 Å². The van der Waals surface area contributed by atoms with Gasteiger partial charge in [-0.05, 0) is 19.3 Å². The van der Waals surface area contributed by atoms with Crippen LogP contribution >= 0.6 is 0 Å². The lowest BCUT2D eigenvalue weighted by Gasteiger charge is -2.30. The Kier molecular flexibility index (Phi) is 6.52. The minimum absolute atomic E-state index is 0.112. The van der Waals surface area contributed by atoms with Crippen LogP contribution in [0.15, 0.2) is 0 Å². The maximum absolute atomic E-state index is 12.1. The van der Waals surface area contributed by atoms with E-state index < -0.39 is 28.8 Å². The molecule has 10 heteroatoms. The Balaban J connectivity index is 2.64. The van der Waals surface area contributed by atoms with Gasteiger partial charge in [-0.3, -0.25) is 9.59 Å². The zero-order valence-electron chi connectivity index (χ0n) is 11.7. The lowest BCUT2D eigenvalue weighted by atomic mass is 9.99. The van der Waals surface area contributed by atoms with E-state index in [1.165, 1.54) is 7.11 Å². The Morgan fingerprint density at radius 3 is 2.38 bits per heavy atom. The second-order valence-corrected chi connectivity index (χ2v) is 6.42. The highest BCUT2D eigenvalue weighted by molar-refractivity contribution is 7.87. The maximum atomic E-state index is 12.1. The van der Waals surface area contributed by atoms with Gasteiger partial charge in [0, 0.05) is 19.7 Å². The number of carbonyl (C=O) groups excluding carboxylic acids is 1. The SMILES string of the molecule is COC(=O)C1CCN(S(=O)(=O)N[C@@H](CCO)C(=O)O)CC1. The second-order valence-electron chi connectivity index (χ2n) is 4.72. The van der Waals surface area contributed by atoms with Crippen molar-refractivity contribution in [1.82, 2.24) is 9.03 Å². The maximum Gasteiger partial charge on any atom is 0.321 e. The van der Waals surface area contributed by atoms with Gasteiger partial charge in [0.05, 0.1) is 13.0 Å². The number of carboxylic acids is 1. The largest absolute Gasteiger partial charge is 0.480 e.